The predicted octanol–water partition coefficient (Wildman–Crippen LogP) is 2.53. The normalized spacial score (nSPS) is 12.0. The molecule has 0 bridgehead atoms. The van der Waals surface area contributed by atoms with Gasteiger partial charge in [0.1, 0.15) is 0 Å². The summed E-state index contributed by atoms with van der Waals surface area (Å²) >= 11 is 3.41. The number of nitrogens with two attached hydrogens (primary N) is 1. The quantitative estimate of drug-likeness (QED) is 0.896. The lowest BCUT2D eigenvalue weighted by atomic mass is 10.3. The summed E-state index contributed by atoms with van der Waals surface area (Å²) in [5, 5.41) is 2.74. The summed E-state index contributed by atoms with van der Waals surface area (Å²) in [6.45, 7) is 4.38. The summed E-state index contributed by atoms with van der Waals surface area (Å²) < 4.78 is 2.91. The lowest BCUT2D eigenvalue weighted by Gasteiger charge is -2.09. The van der Waals surface area contributed by atoms with E-state index < -0.39 is 6.04 Å². The summed E-state index contributed by atoms with van der Waals surface area (Å²) in [4.78, 5) is 16.0. The van der Waals surface area contributed by atoms with Crippen molar-refractivity contribution in [1.29, 1.82) is 0 Å². The number of aryl methyl sites for hydroxylation is 1. The first-order chi connectivity index (χ1) is 8.52. The first-order valence-corrected chi connectivity index (χ1v) is 6.54. The van der Waals surface area contributed by atoms with Crippen molar-refractivity contribution in [2.75, 3.05) is 5.32 Å². The van der Waals surface area contributed by atoms with Gasteiger partial charge in [0.25, 0.3) is 0 Å². The highest BCUT2D eigenvalue weighted by atomic mass is 79.9. The first-order valence-electron chi connectivity index (χ1n) is 5.75. The van der Waals surface area contributed by atoms with E-state index in [1.54, 1.807) is 6.92 Å². The molecule has 2 rings (SSSR count). The molecule has 0 radical (unpaired) electrons. The molecule has 104 valence electrons. The van der Waals surface area contributed by atoms with Crippen molar-refractivity contribution in [3.63, 3.8) is 0 Å². The number of aromatic nitrogens is 2. The minimum Gasteiger partial charge on any atom is -0.320 e. The Hall–Kier alpha value is -1.11. The second-order valence-electron chi connectivity index (χ2n) is 4.09. The van der Waals surface area contributed by atoms with Crippen LogP contribution in [0.15, 0.2) is 22.7 Å². The van der Waals surface area contributed by atoms with Crippen molar-refractivity contribution >= 4 is 51.2 Å². The Bertz CT molecular complexity index is 597. The fraction of sp³-hybridized carbons (Fsp3) is 0.333. The highest BCUT2D eigenvalue weighted by Crippen LogP contribution is 2.23. The molecule has 1 unspecified atom stereocenters. The number of hydrogen-bond donors (Lipinski definition) is 2. The molecule has 0 fully saturated rings. The number of rotatable bonds is 3. The Kier molecular flexibility index (Phi) is 5.34. The van der Waals surface area contributed by atoms with Crippen LogP contribution in [0.1, 0.15) is 13.8 Å². The van der Waals surface area contributed by atoms with Crippen LogP contribution in [0.2, 0.25) is 0 Å². The lowest BCUT2D eigenvalue weighted by molar-refractivity contribution is -0.117. The Morgan fingerprint density at radius 3 is 2.84 bits per heavy atom. The number of nitrogens with zero attached hydrogens (tertiary/aromatic N) is 2. The van der Waals surface area contributed by atoms with Crippen molar-refractivity contribution in [1.82, 2.24) is 9.55 Å². The van der Waals surface area contributed by atoms with Crippen LogP contribution in [0.3, 0.4) is 0 Å². The molecular weight excluding hydrogens is 332 g/mol. The fourth-order valence-electron chi connectivity index (χ4n) is 1.74. The number of benzene rings is 1. The van der Waals surface area contributed by atoms with Gasteiger partial charge in [0, 0.05) is 11.0 Å². The van der Waals surface area contributed by atoms with Crippen molar-refractivity contribution in [2.45, 2.75) is 26.4 Å². The van der Waals surface area contributed by atoms with Gasteiger partial charge in [-0.25, -0.2) is 4.98 Å². The minimum absolute atomic E-state index is 0. The molecule has 1 heterocycles. The average molecular weight is 348 g/mol. The number of halogens is 2. The van der Waals surface area contributed by atoms with Gasteiger partial charge in [-0.1, -0.05) is 15.9 Å². The molecule has 7 heteroatoms. The molecule has 1 aromatic carbocycles. The molecule has 0 aliphatic rings. The van der Waals surface area contributed by atoms with E-state index in [2.05, 4.69) is 26.2 Å². The minimum atomic E-state index is -0.554. The maximum Gasteiger partial charge on any atom is 0.243 e. The number of amides is 1. The molecule has 3 N–H and O–H groups in total. The molecule has 5 nitrogen and oxygen atoms in total. The van der Waals surface area contributed by atoms with Crippen LogP contribution < -0.4 is 11.1 Å². The van der Waals surface area contributed by atoms with Crippen molar-refractivity contribution in [3.8, 4) is 0 Å². The van der Waals surface area contributed by atoms with Gasteiger partial charge in [-0.05, 0) is 32.0 Å². The number of nitrogens with one attached hydrogen (secondary N) is 1. The van der Waals surface area contributed by atoms with Gasteiger partial charge < -0.3 is 10.3 Å². The van der Waals surface area contributed by atoms with Crippen LogP contribution in [0.5, 0.6) is 0 Å². The molecule has 1 amide bonds. The summed E-state index contributed by atoms with van der Waals surface area (Å²) in [7, 11) is 0. The zero-order valence-corrected chi connectivity index (χ0v) is 13.1. The third-order valence-corrected chi connectivity index (χ3v) is 3.17. The highest BCUT2D eigenvalue weighted by molar-refractivity contribution is 9.10. The average Bonchev–Trinajstić information content (AvgIpc) is 2.64. The van der Waals surface area contributed by atoms with Gasteiger partial charge in [0.05, 0.1) is 17.1 Å². The molecule has 1 atom stereocenters. The smallest absolute Gasteiger partial charge is 0.243 e. The molecule has 0 saturated heterocycles. The van der Waals surface area contributed by atoms with Gasteiger partial charge in [0.15, 0.2) is 0 Å². The standard InChI is InChI=1S/C12H15BrN4O.ClH/c1-3-17-10-5-4-8(13)6-9(10)15-12(17)16-11(18)7(2)14;/h4-7H,3,14H2,1-2H3,(H,15,16,18);1H. The maximum atomic E-state index is 11.6. The zero-order valence-electron chi connectivity index (χ0n) is 10.7. The lowest BCUT2D eigenvalue weighted by Crippen LogP contribution is -2.33. The van der Waals surface area contributed by atoms with E-state index in [4.69, 9.17) is 5.73 Å². The zero-order chi connectivity index (χ0) is 13.3. The van der Waals surface area contributed by atoms with Crippen molar-refractivity contribution in [2.24, 2.45) is 5.73 Å². The highest BCUT2D eigenvalue weighted by Gasteiger charge is 2.14. The summed E-state index contributed by atoms with van der Waals surface area (Å²) in [6.07, 6.45) is 0. The van der Waals surface area contributed by atoms with E-state index in [-0.39, 0.29) is 18.3 Å². The van der Waals surface area contributed by atoms with Crippen LogP contribution in [0.25, 0.3) is 11.0 Å². The molecule has 1 aromatic heterocycles. The molecule has 0 aliphatic heterocycles. The van der Waals surface area contributed by atoms with Crippen molar-refractivity contribution in [3.05, 3.63) is 22.7 Å². The van der Waals surface area contributed by atoms with Crippen LogP contribution in [0, 0.1) is 0 Å². The third-order valence-electron chi connectivity index (χ3n) is 2.68. The molecule has 2 aromatic rings. The van der Waals surface area contributed by atoms with E-state index >= 15 is 0 Å². The Morgan fingerprint density at radius 2 is 2.26 bits per heavy atom. The maximum absolute atomic E-state index is 11.6. The Balaban J connectivity index is 0.00000180. The van der Waals surface area contributed by atoms with E-state index in [0.29, 0.717) is 5.95 Å². The Morgan fingerprint density at radius 1 is 1.58 bits per heavy atom. The van der Waals surface area contributed by atoms with E-state index in [1.165, 1.54) is 0 Å². The number of anilines is 1. The molecular formula is C12H16BrClN4O. The molecule has 0 spiro atoms. The van der Waals surface area contributed by atoms with Gasteiger partial charge >= 0.3 is 0 Å². The molecule has 0 aliphatic carbocycles. The van der Waals surface area contributed by atoms with E-state index in [1.807, 2.05) is 29.7 Å². The number of hydrogen-bond acceptors (Lipinski definition) is 3. The van der Waals surface area contributed by atoms with Crippen LogP contribution in [-0.2, 0) is 11.3 Å². The fourth-order valence-corrected chi connectivity index (χ4v) is 2.09. The topological polar surface area (TPSA) is 72.9 Å². The summed E-state index contributed by atoms with van der Waals surface area (Å²) in [5.41, 5.74) is 7.36. The number of fused-ring (bicyclic) bond motifs is 1. The second kappa shape index (κ2) is 6.36. The van der Waals surface area contributed by atoms with Gasteiger partial charge in [-0.2, -0.15) is 0 Å². The van der Waals surface area contributed by atoms with Crippen LogP contribution in [0.4, 0.5) is 5.95 Å². The Labute approximate surface area is 126 Å². The largest absolute Gasteiger partial charge is 0.320 e. The third kappa shape index (κ3) is 3.26. The van der Waals surface area contributed by atoms with E-state index in [0.717, 1.165) is 22.1 Å². The molecule has 0 saturated carbocycles. The summed E-state index contributed by atoms with van der Waals surface area (Å²) in [6, 6.07) is 5.29. The number of imidazole rings is 1. The van der Waals surface area contributed by atoms with E-state index in [9.17, 15) is 4.79 Å². The SMILES string of the molecule is CCn1c(NC(=O)C(C)N)nc2cc(Br)ccc21.Cl. The monoisotopic (exact) mass is 346 g/mol. The molecule has 19 heavy (non-hydrogen) atoms. The summed E-state index contributed by atoms with van der Waals surface area (Å²) in [5.74, 6) is 0.298. The van der Waals surface area contributed by atoms with Crippen LogP contribution >= 0.6 is 28.3 Å². The van der Waals surface area contributed by atoms with Gasteiger partial charge in [0.2, 0.25) is 11.9 Å². The van der Waals surface area contributed by atoms with Gasteiger partial charge in [-0.3, -0.25) is 10.1 Å². The number of carbonyl (C=O) groups excluding carboxylic acids is 1. The predicted molar refractivity (Wildman–Crippen MR) is 82.6 cm³/mol. The van der Waals surface area contributed by atoms with Crippen LogP contribution in [-0.4, -0.2) is 21.5 Å². The second-order valence-corrected chi connectivity index (χ2v) is 5.01. The first kappa shape index (κ1) is 15.9. The number of carbonyl (C=O) groups is 1. The van der Waals surface area contributed by atoms with Gasteiger partial charge in [-0.15, -0.1) is 12.4 Å². The van der Waals surface area contributed by atoms with Crippen molar-refractivity contribution < 1.29 is 4.79 Å².